The molecule has 0 aromatic heterocycles. The first kappa shape index (κ1) is 19.9. The van der Waals surface area contributed by atoms with Gasteiger partial charge in [-0.3, -0.25) is 4.79 Å². The van der Waals surface area contributed by atoms with Crippen molar-refractivity contribution in [3.63, 3.8) is 0 Å². The van der Waals surface area contributed by atoms with Gasteiger partial charge < -0.3 is 19.5 Å². The maximum Gasteiger partial charge on any atom is 0.266 e. The molecule has 0 heterocycles. The van der Waals surface area contributed by atoms with E-state index in [2.05, 4.69) is 5.32 Å². The third-order valence-electron chi connectivity index (χ3n) is 3.58. The Balaban J connectivity index is 2.35. The Kier molecular flexibility index (Phi) is 6.84. The van der Waals surface area contributed by atoms with Crippen LogP contribution in [-0.4, -0.2) is 26.2 Å². The Morgan fingerprint density at radius 1 is 1.15 bits per heavy atom. The zero-order valence-electron chi connectivity index (χ0n) is 15.8. The second kappa shape index (κ2) is 9.30. The molecule has 6 heteroatoms. The van der Waals surface area contributed by atoms with Gasteiger partial charge >= 0.3 is 0 Å². The van der Waals surface area contributed by atoms with Crippen LogP contribution in [0.15, 0.2) is 48.0 Å². The first-order valence-corrected chi connectivity index (χ1v) is 8.39. The molecule has 0 radical (unpaired) electrons. The topological polar surface area (TPSA) is 80.6 Å². The molecule has 27 heavy (non-hydrogen) atoms. The predicted octanol–water partition coefficient (Wildman–Crippen LogP) is 4.04. The molecule has 0 fully saturated rings. The number of rotatable bonds is 7. The average Bonchev–Trinajstić information content (AvgIpc) is 2.66. The molecule has 0 unspecified atom stereocenters. The number of carbonyl (C=O) groups is 1. The molecule has 2 aromatic carbocycles. The van der Waals surface area contributed by atoms with Gasteiger partial charge in [-0.05, 0) is 38.1 Å². The van der Waals surface area contributed by atoms with Crippen LogP contribution in [0.1, 0.15) is 19.4 Å². The lowest BCUT2D eigenvalue weighted by atomic mass is 10.1. The zero-order valence-corrected chi connectivity index (χ0v) is 15.8. The molecule has 2 aromatic rings. The second-order valence-corrected chi connectivity index (χ2v) is 5.90. The second-order valence-electron chi connectivity index (χ2n) is 5.90. The summed E-state index contributed by atoms with van der Waals surface area (Å²) in [5.41, 5.74) is 1.06. The average molecular weight is 366 g/mol. The van der Waals surface area contributed by atoms with Crippen molar-refractivity contribution in [1.29, 1.82) is 5.26 Å². The van der Waals surface area contributed by atoms with Crippen LogP contribution in [0.25, 0.3) is 6.08 Å². The lowest BCUT2D eigenvalue weighted by Crippen LogP contribution is -2.14. The monoisotopic (exact) mass is 366 g/mol. The summed E-state index contributed by atoms with van der Waals surface area (Å²) in [4.78, 5) is 12.5. The van der Waals surface area contributed by atoms with Crippen molar-refractivity contribution in [2.24, 2.45) is 0 Å². The molecular weight excluding hydrogens is 344 g/mol. The number of hydrogen-bond donors (Lipinski definition) is 1. The van der Waals surface area contributed by atoms with Crippen LogP contribution in [0.3, 0.4) is 0 Å². The van der Waals surface area contributed by atoms with Gasteiger partial charge in [-0.25, -0.2) is 0 Å². The number of hydrogen-bond acceptors (Lipinski definition) is 5. The van der Waals surface area contributed by atoms with Crippen LogP contribution in [0.2, 0.25) is 0 Å². The van der Waals surface area contributed by atoms with Crippen molar-refractivity contribution < 1.29 is 19.0 Å². The lowest BCUT2D eigenvalue weighted by molar-refractivity contribution is -0.112. The Morgan fingerprint density at radius 2 is 1.89 bits per heavy atom. The van der Waals surface area contributed by atoms with Crippen molar-refractivity contribution >= 4 is 17.7 Å². The highest BCUT2D eigenvalue weighted by molar-refractivity contribution is 6.10. The van der Waals surface area contributed by atoms with Gasteiger partial charge in [-0.2, -0.15) is 5.26 Å². The maximum atomic E-state index is 12.5. The molecule has 0 bridgehead atoms. The summed E-state index contributed by atoms with van der Waals surface area (Å²) >= 11 is 0. The van der Waals surface area contributed by atoms with Crippen LogP contribution in [-0.2, 0) is 4.79 Å². The Bertz CT molecular complexity index is 882. The van der Waals surface area contributed by atoms with Crippen molar-refractivity contribution in [2.75, 3.05) is 19.5 Å². The van der Waals surface area contributed by atoms with Gasteiger partial charge in [-0.15, -0.1) is 0 Å². The Morgan fingerprint density at radius 3 is 2.52 bits per heavy atom. The van der Waals surface area contributed by atoms with E-state index in [1.54, 1.807) is 49.6 Å². The number of nitrogens with one attached hydrogen (secondary N) is 1. The third kappa shape index (κ3) is 5.25. The van der Waals surface area contributed by atoms with Crippen LogP contribution >= 0.6 is 0 Å². The fraction of sp³-hybridized carbons (Fsp3) is 0.238. The minimum absolute atomic E-state index is 0.0559. The largest absolute Gasteiger partial charge is 0.497 e. The van der Waals surface area contributed by atoms with E-state index < -0.39 is 5.91 Å². The summed E-state index contributed by atoms with van der Waals surface area (Å²) in [6.07, 6.45) is 1.39. The van der Waals surface area contributed by atoms with E-state index in [4.69, 9.17) is 14.2 Å². The molecule has 0 aliphatic rings. The number of carbonyl (C=O) groups excluding carboxylic acids is 1. The molecule has 0 saturated heterocycles. The summed E-state index contributed by atoms with van der Waals surface area (Å²) in [5.74, 6) is 1.10. The van der Waals surface area contributed by atoms with E-state index in [-0.39, 0.29) is 11.7 Å². The van der Waals surface area contributed by atoms with Crippen molar-refractivity contribution in [2.45, 2.75) is 20.0 Å². The summed E-state index contributed by atoms with van der Waals surface area (Å²) < 4.78 is 16.3. The molecular formula is C21H22N2O4. The van der Waals surface area contributed by atoms with Crippen molar-refractivity contribution in [1.82, 2.24) is 0 Å². The smallest absolute Gasteiger partial charge is 0.266 e. The number of anilines is 1. The SMILES string of the molecule is COc1cccc(NC(=O)/C(C#N)=C/c2cccc(OC)c2OC(C)C)c1. The van der Waals surface area contributed by atoms with Gasteiger partial charge in [0.05, 0.1) is 20.3 Å². The van der Waals surface area contributed by atoms with E-state index in [1.807, 2.05) is 19.9 Å². The highest BCUT2D eigenvalue weighted by Gasteiger charge is 2.15. The fourth-order valence-electron chi connectivity index (χ4n) is 2.37. The van der Waals surface area contributed by atoms with E-state index in [9.17, 15) is 10.1 Å². The Hall–Kier alpha value is -3.46. The lowest BCUT2D eigenvalue weighted by Gasteiger charge is -2.16. The van der Waals surface area contributed by atoms with E-state index in [0.717, 1.165) is 0 Å². The number of ether oxygens (including phenoxy) is 3. The van der Waals surface area contributed by atoms with Gasteiger partial charge in [0.15, 0.2) is 11.5 Å². The number of benzene rings is 2. The number of nitriles is 1. The van der Waals surface area contributed by atoms with E-state index in [1.165, 1.54) is 13.2 Å². The molecule has 0 atom stereocenters. The molecule has 1 amide bonds. The van der Waals surface area contributed by atoms with Gasteiger partial charge in [0.25, 0.3) is 5.91 Å². The van der Waals surface area contributed by atoms with Crippen LogP contribution in [0.5, 0.6) is 17.2 Å². The summed E-state index contributed by atoms with van der Waals surface area (Å²) in [7, 11) is 3.08. The molecule has 2 rings (SSSR count). The molecule has 6 nitrogen and oxygen atoms in total. The van der Waals surface area contributed by atoms with Crippen LogP contribution in [0, 0.1) is 11.3 Å². The van der Waals surface area contributed by atoms with Crippen molar-refractivity contribution in [3.05, 3.63) is 53.6 Å². The highest BCUT2D eigenvalue weighted by atomic mass is 16.5. The Labute approximate surface area is 159 Å². The summed E-state index contributed by atoms with van der Waals surface area (Å²) in [6, 6.07) is 14.1. The molecule has 140 valence electrons. The maximum absolute atomic E-state index is 12.5. The first-order valence-electron chi connectivity index (χ1n) is 8.39. The molecule has 1 N–H and O–H groups in total. The third-order valence-corrected chi connectivity index (χ3v) is 3.58. The zero-order chi connectivity index (χ0) is 19.8. The summed E-state index contributed by atoms with van der Waals surface area (Å²) in [5, 5.41) is 12.2. The first-order chi connectivity index (χ1) is 13.0. The normalized spacial score (nSPS) is 10.9. The van der Waals surface area contributed by atoms with E-state index >= 15 is 0 Å². The van der Waals surface area contributed by atoms with Gasteiger partial charge in [0.2, 0.25) is 0 Å². The molecule has 0 saturated carbocycles. The quantitative estimate of drug-likeness (QED) is 0.591. The van der Waals surface area contributed by atoms with Crippen molar-refractivity contribution in [3.8, 4) is 23.3 Å². The number of methoxy groups -OCH3 is 2. The van der Waals surface area contributed by atoms with Gasteiger partial charge in [0, 0.05) is 17.3 Å². The number of nitrogens with zero attached hydrogens (tertiary/aromatic N) is 1. The molecule has 0 aliphatic carbocycles. The summed E-state index contributed by atoms with van der Waals surface area (Å²) in [6.45, 7) is 3.78. The standard InChI is InChI=1S/C21H22N2O4/c1-14(2)27-20-15(7-5-10-19(20)26-4)11-16(13-22)21(24)23-17-8-6-9-18(12-17)25-3/h5-12,14H,1-4H3,(H,23,24)/b16-11+. The molecule has 0 aliphatic heterocycles. The van der Waals surface area contributed by atoms with E-state index in [0.29, 0.717) is 28.5 Å². The van der Waals surface area contributed by atoms with Crippen LogP contribution < -0.4 is 19.5 Å². The van der Waals surface area contributed by atoms with Gasteiger partial charge in [0.1, 0.15) is 17.4 Å². The van der Waals surface area contributed by atoms with Gasteiger partial charge in [-0.1, -0.05) is 18.2 Å². The molecule has 0 spiro atoms. The number of para-hydroxylation sites is 1. The minimum atomic E-state index is -0.524. The predicted molar refractivity (Wildman–Crippen MR) is 104 cm³/mol. The highest BCUT2D eigenvalue weighted by Crippen LogP contribution is 2.33. The fourth-order valence-corrected chi connectivity index (χ4v) is 2.37. The minimum Gasteiger partial charge on any atom is -0.497 e. The van der Waals surface area contributed by atoms with Crippen LogP contribution in [0.4, 0.5) is 5.69 Å². The number of amides is 1.